The zero-order valence-corrected chi connectivity index (χ0v) is 17.8. The van der Waals surface area contributed by atoms with Gasteiger partial charge in [-0.1, -0.05) is 11.6 Å². The third-order valence-electron chi connectivity index (χ3n) is 4.07. The quantitative estimate of drug-likeness (QED) is 0.467. The summed E-state index contributed by atoms with van der Waals surface area (Å²) >= 11 is 6.21. The molecule has 0 fully saturated rings. The minimum atomic E-state index is -4.40. The normalized spacial score (nSPS) is 13.6. The molecule has 0 unspecified atom stereocenters. The Labute approximate surface area is 185 Å². The van der Waals surface area contributed by atoms with Gasteiger partial charge in [-0.25, -0.2) is 18.3 Å². The monoisotopic (exact) mass is 492 g/mol. The van der Waals surface area contributed by atoms with E-state index in [1.54, 1.807) is 6.92 Å². The van der Waals surface area contributed by atoms with Gasteiger partial charge in [0, 0.05) is 6.54 Å². The lowest BCUT2D eigenvalue weighted by molar-refractivity contribution is -0.0493. The standard InChI is InChI=1S/C17H16ClF3N6O4S/c1-2-27-17(23-25-26-27)22-15(28)11-7-8-12(31-16(20)21)14(13(11)18)24-32(29,30)10-5-3-9(19)4-6-10/h3-8,16,24-26H,2H2,1H3,(H,22,23,28). The first-order chi connectivity index (χ1) is 15.1. The number of hydrazone groups is 1. The van der Waals surface area contributed by atoms with Crippen LogP contribution in [0.2, 0.25) is 5.02 Å². The van der Waals surface area contributed by atoms with E-state index < -0.39 is 44.8 Å². The number of rotatable bonds is 7. The van der Waals surface area contributed by atoms with Crippen molar-refractivity contribution in [2.75, 3.05) is 11.3 Å². The van der Waals surface area contributed by atoms with Crippen LogP contribution in [0.1, 0.15) is 17.3 Å². The molecule has 15 heteroatoms. The number of halogens is 4. The topological polar surface area (TPSA) is 124 Å². The molecule has 1 amide bonds. The summed E-state index contributed by atoms with van der Waals surface area (Å²) in [4.78, 5) is 12.3. The number of nitrogens with zero attached hydrogens (tertiary/aromatic N) is 2. The predicted octanol–water partition coefficient (Wildman–Crippen LogP) is 2.23. The summed E-state index contributed by atoms with van der Waals surface area (Å²) in [6.07, 6.45) is 0. The van der Waals surface area contributed by atoms with Crippen molar-refractivity contribution < 1.29 is 31.1 Å². The van der Waals surface area contributed by atoms with Gasteiger partial charge in [0.2, 0.25) is 5.96 Å². The number of hydrogen-bond donors (Lipinski definition) is 4. The maximum atomic E-state index is 13.1. The van der Waals surface area contributed by atoms with Crippen LogP contribution in [0.15, 0.2) is 46.4 Å². The zero-order chi connectivity index (χ0) is 23.5. The van der Waals surface area contributed by atoms with Crippen molar-refractivity contribution in [2.45, 2.75) is 18.4 Å². The molecule has 172 valence electrons. The van der Waals surface area contributed by atoms with Crippen molar-refractivity contribution in [1.29, 1.82) is 0 Å². The molecule has 1 heterocycles. The zero-order valence-electron chi connectivity index (χ0n) is 16.2. The first-order valence-corrected chi connectivity index (χ1v) is 10.7. The molecule has 0 aromatic heterocycles. The second kappa shape index (κ2) is 9.50. The number of ether oxygens (including phenoxy) is 1. The van der Waals surface area contributed by atoms with Crippen LogP contribution in [0.3, 0.4) is 0 Å². The summed E-state index contributed by atoms with van der Waals surface area (Å²) in [5.74, 6) is -2.01. The van der Waals surface area contributed by atoms with Crippen LogP contribution in [-0.2, 0) is 10.0 Å². The Morgan fingerprint density at radius 2 is 1.94 bits per heavy atom. The Morgan fingerprint density at radius 1 is 1.25 bits per heavy atom. The SMILES string of the molecule is CCN1NNN=C1NC(=O)c1ccc(OC(F)F)c(NS(=O)(=O)c2ccc(F)cc2)c1Cl. The molecule has 0 bridgehead atoms. The van der Waals surface area contributed by atoms with Crippen molar-refractivity contribution in [2.24, 2.45) is 5.10 Å². The second-order valence-corrected chi connectivity index (χ2v) is 8.16. The summed E-state index contributed by atoms with van der Waals surface area (Å²) in [5.41, 5.74) is 4.22. The molecule has 2 aromatic carbocycles. The van der Waals surface area contributed by atoms with Crippen LogP contribution in [-0.4, -0.2) is 38.4 Å². The second-order valence-electron chi connectivity index (χ2n) is 6.10. The highest BCUT2D eigenvalue weighted by atomic mass is 35.5. The number of amides is 1. The molecule has 0 saturated heterocycles. The maximum Gasteiger partial charge on any atom is 0.387 e. The van der Waals surface area contributed by atoms with Crippen molar-refractivity contribution >= 4 is 39.2 Å². The first kappa shape index (κ1) is 23.4. The summed E-state index contributed by atoms with van der Waals surface area (Å²) in [7, 11) is -4.40. The minimum absolute atomic E-state index is 0.0925. The number of carbonyl (C=O) groups is 1. The molecule has 0 aliphatic carbocycles. The van der Waals surface area contributed by atoms with Gasteiger partial charge in [-0.3, -0.25) is 19.8 Å². The number of guanidine groups is 1. The van der Waals surface area contributed by atoms with Crippen LogP contribution in [0.5, 0.6) is 5.75 Å². The van der Waals surface area contributed by atoms with Gasteiger partial charge in [0.05, 0.1) is 15.5 Å². The molecule has 10 nitrogen and oxygen atoms in total. The van der Waals surface area contributed by atoms with E-state index in [1.807, 2.05) is 4.72 Å². The average Bonchev–Trinajstić information content (AvgIpc) is 3.17. The van der Waals surface area contributed by atoms with E-state index in [-0.39, 0.29) is 16.4 Å². The van der Waals surface area contributed by atoms with E-state index in [0.29, 0.717) is 6.54 Å². The lowest BCUT2D eigenvalue weighted by Gasteiger charge is -2.19. The molecule has 1 aliphatic heterocycles. The van der Waals surface area contributed by atoms with E-state index in [4.69, 9.17) is 11.6 Å². The number of hydrazine groups is 2. The third kappa shape index (κ3) is 5.15. The molecule has 0 radical (unpaired) electrons. The first-order valence-electron chi connectivity index (χ1n) is 8.85. The molecule has 1 aliphatic rings. The number of carbonyl (C=O) groups excluding carboxylic acids is 1. The highest BCUT2D eigenvalue weighted by Gasteiger charge is 2.26. The van der Waals surface area contributed by atoms with Gasteiger partial charge in [0.1, 0.15) is 11.5 Å². The van der Waals surface area contributed by atoms with Gasteiger partial charge >= 0.3 is 6.61 Å². The molecular formula is C17H16ClF3N6O4S. The molecular weight excluding hydrogens is 477 g/mol. The predicted molar refractivity (Wildman–Crippen MR) is 109 cm³/mol. The van der Waals surface area contributed by atoms with Crippen molar-refractivity contribution in [3.63, 3.8) is 0 Å². The van der Waals surface area contributed by atoms with Gasteiger partial charge < -0.3 is 4.74 Å². The summed E-state index contributed by atoms with van der Waals surface area (Å²) in [5, 5.41) is 7.19. The van der Waals surface area contributed by atoms with Gasteiger partial charge in [-0.05, 0) is 43.3 Å². The number of alkyl halides is 2. The van der Waals surface area contributed by atoms with Crippen molar-refractivity contribution in [3.05, 3.63) is 52.8 Å². The molecule has 2 aromatic rings. The summed E-state index contributed by atoms with van der Waals surface area (Å²) in [6, 6.07) is 5.78. The van der Waals surface area contributed by atoms with Crippen molar-refractivity contribution in [1.82, 2.24) is 21.4 Å². The van der Waals surface area contributed by atoms with Gasteiger partial charge in [-0.2, -0.15) is 8.78 Å². The molecule has 3 rings (SSSR count). The molecule has 32 heavy (non-hydrogen) atoms. The van der Waals surface area contributed by atoms with E-state index in [9.17, 15) is 26.4 Å². The number of anilines is 1. The van der Waals surface area contributed by atoms with Crippen LogP contribution in [0, 0.1) is 5.82 Å². The van der Waals surface area contributed by atoms with Gasteiger partial charge in [-0.15, -0.1) is 10.6 Å². The lowest BCUT2D eigenvalue weighted by atomic mass is 10.1. The molecule has 0 atom stereocenters. The summed E-state index contributed by atoms with van der Waals surface area (Å²) in [6.45, 7) is -1.11. The number of benzene rings is 2. The van der Waals surface area contributed by atoms with Gasteiger partial charge in [0.15, 0.2) is 5.75 Å². The fourth-order valence-corrected chi connectivity index (χ4v) is 4.00. The van der Waals surface area contributed by atoms with E-state index >= 15 is 0 Å². The third-order valence-corrected chi connectivity index (χ3v) is 5.83. The Bertz CT molecular complexity index is 1150. The van der Waals surface area contributed by atoms with Crippen LogP contribution >= 0.6 is 11.6 Å². The van der Waals surface area contributed by atoms with Crippen LogP contribution in [0.4, 0.5) is 18.9 Å². The fourth-order valence-electron chi connectivity index (χ4n) is 2.57. The Balaban J connectivity index is 1.97. The number of nitrogens with one attached hydrogen (secondary N) is 4. The number of hydrogen-bond acceptors (Lipinski definition) is 8. The highest BCUT2D eigenvalue weighted by molar-refractivity contribution is 7.92. The van der Waals surface area contributed by atoms with Crippen molar-refractivity contribution in [3.8, 4) is 5.75 Å². The highest BCUT2D eigenvalue weighted by Crippen LogP contribution is 2.37. The maximum absolute atomic E-state index is 13.1. The largest absolute Gasteiger partial charge is 0.433 e. The Morgan fingerprint density at radius 3 is 2.56 bits per heavy atom. The number of sulfonamides is 1. The van der Waals surface area contributed by atoms with Crippen LogP contribution in [0.25, 0.3) is 0 Å². The fraction of sp³-hybridized carbons (Fsp3) is 0.176. The molecule has 0 spiro atoms. The lowest BCUT2D eigenvalue weighted by Crippen LogP contribution is -2.47. The van der Waals surface area contributed by atoms with E-state index in [2.05, 4.69) is 26.2 Å². The molecule has 4 N–H and O–H groups in total. The van der Waals surface area contributed by atoms with E-state index in [0.717, 1.165) is 36.4 Å². The van der Waals surface area contributed by atoms with E-state index in [1.165, 1.54) is 5.01 Å². The summed E-state index contributed by atoms with van der Waals surface area (Å²) < 4.78 is 70.5. The average molecular weight is 493 g/mol. The minimum Gasteiger partial charge on any atom is -0.433 e. The van der Waals surface area contributed by atoms with Gasteiger partial charge in [0.25, 0.3) is 15.9 Å². The Hall–Kier alpha value is -3.23. The smallest absolute Gasteiger partial charge is 0.387 e. The van der Waals surface area contributed by atoms with Crippen LogP contribution < -0.4 is 25.8 Å². The Kier molecular flexibility index (Phi) is 6.96. The molecule has 0 saturated carbocycles.